The molecule has 0 radical (unpaired) electrons. The third-order valence-corrected chi connectivity index (χ3v) is 6.65. The molecule has 3 aromatic rings. The molecule has 212 valence electrons. The molecular weight excluding hydrogens is 508 g/mol. The molecule has 1 aliphatic carbocycles. The molecule has 0 unspecified atom stereocenters. The molecule has 1 aromatic carbocycles. The Bertz CT molecular complexity index is 1280. The Kier molecular flexibility index (Phi) is 10.7. The van der Waals surface area contributed by atoms with Crippen molar-refractivity contribution in [3.05, 3.63) is 42.4 Å². The summed E-state index contributed by atoms with van der Waals surface area (Å²) in [7, 11) is 0. The van der Waals surface area contributed by atoms with E-state index in [1.54, 1.807) is 18.5 Å². The molecular formula is C29H38N8O3. The minimum absolute atomic E-state index is 0.241. The average Bonchev–Trinajstić information content (AvgIpc) is 3.39. The first-order valence-electron chi connectivity index (χ1n) is 13.9. The highest BCUT2D eigenvalue weighted by Gasteiger charge is 2.20. The van der Waals surface area contributed by atoms with Crippen LogP contribution in [0.5, 0.6) is 11.6 Å². The molecule has 1 aliphatic rings. The predicted molar refractivity (Wildman–Crippen MR) is 154 cm³/mol. The zero-order valence-corrected chi connectivity index (χ0v) is 23.3. The summed E-state index contributed by atoms with van der Waals surface area (Å²) >= 11 is 0. The highest BCUT2D eigenvalue weighted by atomic mass is 16.5. The summed E-state index contributed by atoms with van der Waals surface area (Å²) in [5.41, 5.74) is 8.13. The molecule has 1 atom stereocenters. The lowest BCUT2D eigenvalue weighted by Crippen LogP contribution is -2.16. The van der Waals surface area contributed by atoms with Gasteiger partial charge in [0, 0.05) is 37.6 Å². The molecule has 4 rings (SSSR count). The van der Waals surface area contributed by atoms with Crippen molar-refractivity contribution < 1.29 is 14.2 Å². The molecule has 0 saturated heterocycles. The number of nitrogens with one attached hydrogen (secondary N) is 1. The van der Waals surface area contributed by atoms with Gasteiger partial charge in [0.15, 0.2) is 0 Å². The van der Waals surface area contributed by atoms with Gasteiger partial charge in [0.2, 0.25) is 5.95 Å². The fourth-order valence-electron chi connectivity index (χ4n) is 4.59. The molecule has 1 saturated carbocycles. The summed E-state index contributed by atoms with van der Waals surface area (Å²) in [6.07, 6.45) is 13.2. The first-order chi connectivity index (χ1) is 19.6. The zero-order valence-electron chi connectivity index (χ0n) is 23.3. The van der Waals surface area contributed by atoms with Crippen molar-refractivity contribution >= 4 is 18.0 Å². The topological polar surface area (TPSA) is 145 Å². The quantitative estimate of drug-likeness (QED) is 0.162. The summed E-state index contributed by atoms with van der Waals surface area (Å²) < 4.78 is 19.4. The molecule has 2 heterocycles. The van der Waals surface area contributed by atoms with Crippen molar-refractivity contribution in [2.75, 3.05) is 31.7 Å². The van der Waals surface area contributed by atoms with E-state index in [-0.39, 0.29) is 6.10 Å². The summed E-state index contributed by atoms with van der Waals surface area (Å²) in [6.45, 7) is 6.10. The van der Waals surface area contributed by atoms with Gasteiger partial charge in [0.25, 0.3) is 5.88 Å². The number of nitrogens with zero attached hydrogens (tertiary/aromatic N) is 6. The lowest BCUT2D eigenvalue weighted by Gasteiger charge is -2.21. The summed E-state index contributed by atoms with van der Waals surface area (Å²) in [4.78, 5) is 13.1. The SMILES string of the molecule is CCOCCCOc1nn(C2CCCCC2)cc1Nc1ncc(-c2ccc(C#N)c(O[C@@H](C)CN=CN)c2)cn1. The summed E-state index contributed by atoms with van der Waals surface area (Å²) in [5.74, 6) is 1.45. The number of aliphatic imine (C=N–C) groups is 1. The Morgan fingerprint density at radius 1 is 1.20 bits per heavy atom. The normalized spacial score (nSPS) is 14.6. The van der Waals surface area contributed by atoms with Crippen LogP contribution in [0.15, 0.2) is 41.8 Å². The maximum absolute atomic E-state index is 9.51. The van der Waals surface area contributed by atoms with Crippen LogP contribution in [0.4, 0.5) is 11.6 Å². The van der Waals surface area contributed by atoms with Crippen molar-refractivity contribution in [1.82, 2.24) is 19.7 Å². The fraction of sp³-hybridized carbons (Fsp3) is 0.483. The standard InChI is InChI=1S/C29H38N8O3/c1-3-38-12-7-13-39-28-26(19-37(36-28)25-8-5-4-6-9-25)35-29-33-17-24(18-34-29)22-10-11-23(15-30)27(14-22)40-21(2)16-32-20-31/h10-11,14,17-21,25H,3-9,12-13,16H2,1-2H3,(H2,31,32)(H,33,34,35)/t21-/m0/s1. The van der Waals surface area contributed by atoms with Crippen LogP contribution >= 0.6 is 0 Å². The van der Waals surface area contributed by atoms with Crippen LogP contribution in [-0.2, 0) is 4.74 Å². The van der Waals surface area contributed by atoms with E-state index in [1.807, 2.05) is 36.9 Å². The first-order valence-corrected chi connectivity index (χ1v) is 13.9. The zero-order chi connectivity index (χ0) is 28.2. The van der Waals surface area contributed by atoms with Gasteiger partial charge in [0.1, 0.15) is 23.6 Å². The number of anilines is 2. The molecule has 3 N–H and O–H groups in total. The molecule has 0 amide bonds. The first kappa shape index (κ1) is 28.8. The highest BCUT2D eigenvalue weighted by molar-refractivity contribution is 5.67. The summed E-state index contributed by atoms with van der Waals surface area (Å²) in [5, 5.41) is 17.6. The number of nitrogens with two attached hydrogens (primary N) is 1. The van der Waals surface area contributed by atoms with E-state index >= 15 is 0 Å². The van der Waals surface area contributed by atoms with Gasteiger partial charge in [-0.3, -0.25) is 9.67 Å². The maximum atomic E-state index is 9.51. The lowest BCUT2D eigenvalue weighted by atomic mass is 9.96. The third-order valence-electron chi connectivity index (χ3n) is 6.65. The molecule has 0 spiro atoms. The third kappa shape index (κ3) is 7.93. The van der Waals surface area contributed by atoms with Gasteiger partial charge in [-0.1, -0.05) is 25.3 Å². The van der Waals surface area contributed by atoms with Gasteiger partial charge in [-0.25, -0.2) is 9.97 Å². The van der Waals surface area contributed by atoms with Crippen LogP contribution in [-0.4, -0.2) is 58.6 Å². The molecule has 2 aromatic heterocycles. The van der Waals surface area contributed by atoms with Crippen molar-refractivity contribution in [3.63, 3.8) is 0 Å². The molecule has 1 fully saturated rings. The second-order valence-corrected chi connectivity index (χ2v) is 9.70. The fourth-order valence-corrected chi connectivity index (χ4v) is 4.59. The van der Waals surface area contributed by atoms with E-state index in [2.05, 4.69) is 26.3 Å². The monoisotopic (exact) mass is 546 g/mol. The smallest absolute Gasteiger partial charge is 0.256 e. The highest BCUT2D eigenvalue weighted by Crippen LogP contribution is 2.33. The number of rotatable bonds is 14. The van der Waals surface area contributed by atoms with Crippen molar-refractivity contribution in [2.24, 2.45) is 10.7 Å². The number of ether oxygens (including phenoxy) is 3. The Hall–Kier alpha value is -4.17. The van der Waals surface area contributed by atoms with Crippen LogP contribution < -0.4 is 20.5 Å². The predicted octanol–water partition coefficient (Wildman–Crippen LogP) is 5.02. The van der Waals surface area contributed by atoms with Crippen LogP contribution in [0.3, 0.4) is 0 Å². The number of benzene rings is 1. The van der Waals surface area contributed by atoms with E-state index in [0.29, 0.717) is 55.5 Å². The largest absolute Gasteiger partial charge is 0.487 e. The van der Waals surface area contributed by atoms with Gasteiger partial charge < -0.3 is 25.3 Å². The Balaban J connectivity index is 1.48. The van der Waals surface area contributed by atoms with Crippen molar-refractivity contribution in [1.29, 1.82) is 5.26 Å². The minimum Gasteiger partial charge on any atom is -0.487 e. The second-order valence-electron chi connectivity index (χ2n) is 9.70. The Labute approximate surface area is 235 Å². The number of hydrogen-bond donors (Lipinski definition) is 2. The van der Waals surface area contributed by atoms with Gasteiger partial charge in [-0.2, -0.15) is 5.26 Å². The van der Waals surface area contributed by atoms with E-state index in [4.69, 9.17) is 25.0 Å². The minimum atomic E-state index is -0.241. The van der Waals surface area contributed by atoms with Crippen LogP contribution in [0.2, 0.25) is 0 Å². The maximum Gasteiger partial charge on any atom is 0.256 e. The molecule has 0 bridgehead atoms. The van der Waals surface area contributed by atoms with Gasteiger partial charge in [0.05, 0.1) is 37.3 Å². The number of nitriles is 1. The molecule has 11 nitrogen and oxygen atoms in total. The van der Waals surface area contributed by atoms with Crippen molar-refractivity contribution in [2.45, 2.75) is 64.5 Å². The van der Waals surface area contributed by atoms with E-state index in [0.717, 1.165) is 36.1 Å². The lowest BCUT2D eigenvalue weighted by molar-refractivity contribution is 0.130. The molecule has 40 heavy (non-hydrogen) atoms. The van der Waals surface area contributed by atoms with Crippen LogP contribution in [0.25, 0.3) is 11.1 Å². The Morgan fingerprint density at radius 3 is 2.73 bits per heavy atom. The molecule has 0 aliphatic heterocycles. The summed E-state index contributed by atoms with van der Waals surface area (Å²) in [6, 6.07) is 7.93. The van der Waals surface area contributed by atoms with Crippen LogP contribution in [0, 0.1) is 11.3 Å². The van der Waals surface area contributed by atoms with E-state index in [9.17, 15) is 5.26 Å². The number of hydrogen-bond acceptors (Lipinski definition) is 9. The second kappa shape index (κ2) is 14.8. The van der Waals surface area contributed by atoms with E-state index in [1.165, 1.54) is 25.6 Å². The molecule has 11 heteroatoms. The van der Waals surface area contributed by atoms with Gasteiger partial charge >= 0.3 is 0 Å². The van der Waals surface area contributed by atoms with E-state index < -0.39 is 0 Å². The van der Waals surface area contributed by atoms with Gasteiger partial charge in [-0.15, -0.1) is 5.10 Å². The average molecular weight is 547 g/mol. The van der Waals surface area contributed by atoms with Crippen molar-refractivity contribution in [3.8, 4) is 28.8 Å². The van der Waals surface area contributed by atoms with Gasteiger partial charge in [-0.05, 0) is 44.4 Å². The number of aromatic nitrogens is 4. The van der Waals surface area contributed by atoms with Crippen LogP contribution in [0.1, 0.15) is 64.0 Å². The Morgan fingerprint density at radius 2 is 2.00 bits per heavy atom.